The van der Waals surface area contributed by atoms with Gasteiger partial charge in [0.1, 0.15) is 0 Å². The summed E-state index contributed by atoms with van der Waals surface area (Å²) in [6, 6.07) is 0. The molecular weight excluding hydrogens is 224 g/mol. The normalized spacial score (nSPS) is 14.4. The summed E-state index contributed by atoms with van der Waals surface area (Å²) >= 11 is 0. The van der Waals surface area contributed by atoms with Crippen LogP contribution in [0.2, 0.25) is 0 Å². The molecule has 0 amide bonds. The van der Waals surface area contributed by atoms with Gasteiger partial charge < -0.3 is 5.11 Å². The number of rotatable bonds is 12. The van der Waals surface area contributed by atoms with Gasteiger partial charge in [0.05, 0.1) is 5.92 Å². The molecular formula is C16H32O2. The Hall–Kier alpha value is -0.530. The summed E-state index contributed by atoms with van der Waals surface area (Å²) in [5.74, 6) is 0.0180. The minimum absolute atomic E-state index is 0.123. The van der Waals surface area contributed by atoms with Gasteiger partial charge in [-0.05, 0) is 18.8 Å². The van der Waals surface area contributed by atoms with Crippen molar-refractivity contribution in [1.82, 2.24) is 0 Å². The van der Waals surface area contributed by atoms with Crippen molar-refractivity contribution in [3.05, 3.63) is 0 Å². The highest BCUT2D eigenvalue weighted by Crippen LogP contribution is 2.20. The minimum atomic E-state index is -0.621. The Morgan fingerprint density at radius 1 is 0.944 bits per heavy atom. The molecule has 0 fully saturated rings. The zero-order chi connectivity index (χ0) is 13.8. The first-order valence-electron chi connectivity index (χ1n) is 7.84. The van der Waals surface area contributed by atoms with Gasteiger partial charge in [0.25, 0.3) is 0 Å². The second kappa shape index (κ2) is 11.6. The quantitative estimate of drug-likeness (QED) is 0.483. The van der Waals surface area contributed by atoms with E-state index in [1.54, 1.807) is 0 Å². The molecule has 2 nitrogen and oxygen atoms in total. The molecule has 1 N–H and O–H groups in total. The first kappa shape index (κ1) is 17.5. The van der Waals surface area contributed by atoms with Gasteiger partial charge >= 0.3 is 5.97 Å². The van der Waals surface area contributed by atoms with E-state index in [1.807, 2.05) is 6.92 Å². The van der Waals surface area contributed by atoms with E-state index < -0.39 is 5.97 Å². The summed E-state index contributed by atoms with van der Waals surface area (Å²) in [4.78, 5) is 10.9. The van der Waals surface area contributed by atoms with E-state index in [0.717, 1.165) is 25.2 Å². The Kier molecular flexibility index (Phi) is 11.2. The average molecular weight is 256 g/mol. The molecule has 0 saturated carbocycles. The van der Waals surface area contributed by atoms with E-state index >= 15 is 0 Å². The second-order valence-electron chi connectivity index (χ2n) is 5.68. The predicted molar refractivity (Wildman–Crippen MR) is 77.8 cm³/mol. The monoisotopic (exact) mass is 256 g/mol. The minimum Gasteiger partial charge on any atom is -0.481 e. The van der Waals surface area contributed by atoms with Gasteiger partial charge in [0.15, 0.2) is 0 Å². The first-order chi connectivity index (χ1) is 8.61. The average Bonchev–Trinajstić information content (AvgIpc) is 2.34. The topological polar surface area (TPSA) is 37.3 Å². The lowest BCUT2D eigenvalue weighted by atomic mass is 9.93. The molecule has 0 aromatic heterocycles. The van der Waals surface area contributed by atoms with Crippen molar-refractivity contribution in [2.45, 2.75) is 85.0 Å². The first-order valence-corrected chi connectivity index (χ1v) is 7.84. The van der Waals surface area contributed by atoms with Crippen molar-refractivity contribution in [2.75, 3.05) is 0 Å². The van der Waals surface area contributed by atoms with Crippen LogP contribution >= 0.6 is 0 Å². The molecule has 2 unspecified atom stereocenters. The van der Waals surface area contributed by atoms with Crippen LogP contribution in [0, 0.1) is 11.8 Å². The van der Waals surface area contributed by atoms with Crippen LogP contribution in [0.4, 0.5) is 0 Å². The van der Waals surface area contributed by atoms with Crippen molar-refractivity contribution >= 4 is 5.97 Å². The van der Waals surface area contributed by atoms with E-state index in [1.165, 1.54) is 44.9 Å². The van der Waals surface area contributed by atoms with Gasteiger partial charge in [-0.1, -0.05) is 72.1 Å². The van der Waals surface area contributed by atoms with Crippen molar-refractivity contribution < 1.29 is 9.90 Å². The Labute approximate surface area is 113 Å². The highest BCUT2D eigenvalue weighted by molar-refractivity contribution is 5.69. The number of carbonyl (C=O) groups is 1. The highest BCUT2D eigenvalue weighted by atomic mass is 16.4. The van der Waals surface area contributed by atoms with Crippen molar-refractivity contribution in [2.24, 2.45) is 11.8 Å². The number of hydrogen-bond donors (Lipinski definition) is 1. The fourth-order valence-corrected chi connectivity index (χ4v) is 2.46. The molecule has 18 heavy (non-hydrogen) atoms. The zero-order valence-corrected chi connectivity index (χ0v) is 12.6. The fourth-order valence-electron chi connectivity index (χ4n) is 2.46. The highest BCUT2D eigenvalue weighted by Gasteiger charge is 2.14. The van der Waals surface area contributed by atoms with Crippen LogP contribution in [0.3, 0.4) is 0 Å². The van der Waals surface area contributed by atoms with Crippen LogP contribution in [0.1, 0.15) is 85.0 Å². The smallest absolute Gasteiger partial charge is 0.306 e. The van der Waals surface area contributed by atoms with Crippen LogP contribution in [0.25, 0.3) is 0 Å². The standard InChI is InChI=1S/C16H32O2/c1-4-6-7-8-9-11-14(3)12-10-13-15(5-2)16(17)18/h14-15H,4-13H2,1-3H3,(H,17,18). The van der Waals surface area contributed by atoms with Crippen molar-refractivity contribution in [1.29, 1.82) is 0 Å². The molecule has 0 spiro atoms. The molecule has 0 aromatic carbocycles. The Morgan fingerprint density at radius 2 is 1.56 bits per heavy atom. The molecule has 108 valence electrons. The molecule has 0 rings (SSSR count). The van der Waals surface area contributed by atoms with E-state index in [9.17, 15) is 4.79 Å². The Morgan fingerprint density at radius 3 is 2.11 bits per heavy atom. The summed E-state index contributed by atoms with van der Waals surface area (Å²) in [7, 11) is 0. The number of hydrogen-bond acceptors (Lipinski definition) is 1. The molecule has 0 heterocycles. The van der Waals surface area contributed by atoms with E-state index in [4.69, 9.17) is 5.11 Å². The molecule has 2 atom stereocenters. The summed E-state index contributed by atoms with van der Waals surface area (Å²) in [6.45, 7) is 6.52. The molecule has 0 aromatic rings. The van der Waals surface area contributed by atoms with Crippen molar-refractivity contribution in [3.63, 3.8) is 0 Å². The van der Waals surface area contributed by atoms with E-state index in [2.05, 4.69) is 13.8 Å². The number of aliphatic carboxylic acids is 1. The van der Waals surface area contributed by atoms with E-state index in [-0.39, 0.29) is 5.92 Å². The van der Waals surface area contributed by atoms with Crippen molar-refractivity contribution in [3.8, 4) is 0 Å². The molecule has 0 aliphatic heterocycles. The summed E-state index contributed by atoms with van der Waals surface area (Å²) in [5, 5.41) is 8.96. The van der Waals surface area contributed by atoms with Crippen LogP contribution in [0.5, 0.6) is 0 Å². The molecule has 0 radical (unpaired) electrons. The van der Waals surface area contributed by atoms with Crippen LogP contribution < -0.4 is 0 Å². The van der Waals surface area contributed by atoms with Crippen LogP contribution in [0.15, 0.2) is 0 Å². The largest absolute Gasteiger partial charge is 0.481 e. The van der Waals surface area contributed by atoms with Gasteiger partial charge in [-0.3, -0.25) is 4.79 Å². The maximum Gasteiger partial charge on any atom is 0.306 e. The lowest BCUT2D eigenvalue weighted by molar-refractivity contribution is -0.142. The summed E-state index contributed by atoms with van der Waals surface area (Å²) in [5.41, 5.74) is 0. The van der Waals surface area contributed by atoms with E-state index in [0.29, 0.717) is 0 Å². The Bertz CT molecular complexity index is 201. The van der Waals surface area contributed by atoms with Gasteiger partial charge in [0, 0.05) is 0 Å². The summed E-state index contributed by atoms with van der Waals surface area (Å²) in [6.07, 6.45) is 12.0. The number of carboxylic acids is 1. The molecule has 0 aliphatic carbocycles. The Balaban J connectivity index is 3.46. The molecule has 0 bridgehead atoms. The lowest BCUT2D eigenvalue weighted by Crippen LogP contribution is -2.12. The maximum absolute atomic E-state index is 10.9. The van der Waals surface area contributed by atoms with Gasteiger partial charge in [-0.25, -0.2) is 0 Å². The van der Waals surface area contributed by atoms with Crippen LogP contribution in [-0.2, 0) is 4.79 Å². The zero-order valence-electron chi connectivity index (χ0n) is 12.6. The lowest BCUT2D eigenvalue weighted by Gasteiger charge is -2.13. The predicted octanol–water partition coefficient (Wildman–Crippen LogP) is 5.26. The maximum atomic E-state index is 10.9. The molecule has 0 saturated heterocycles. The van der Waals surface area contributed by atoms with Gasteiger partial charge in [-0.15, -0.1) is 0 Å². The third kappa shape index (κ3) is 9.49. The van der Waals surface area contributed by atoms with Crippen LogP contribution in [-0.4, -0.2) is 11.1 Å². The SMILES string of the molecule is CCCCCCCC(C)CCCC(CC)C(=O)O. The summed E-state index contributed by atoms with van der Waals surface area (Å²) < 4.78 is 0. The molecule has 0 aliphatic rings. The van der Waals surface area contributed by atoms with Gasteiger partial charge in [0.2, 0.25) is 0 Å². The van der Waals surface area contributed by atoms with Gasteiger partial charge in [-0.2, -0.15) is 0 Å². The third-order valence-corrected chi connectivity index (χ3v) is 3.89. The number of carboxylic acid groups (broad SMARTS) is 1. The second-order valence-corrected chi connectivity index (χ2v) is 5.68. The number of unbranched alkanes of at least 4 members (excludes halogenated alkanes) is 4. The fraction of sp³-hybridized carbons (Fsp3) is 0.938. The third-order valence-electron chi connectivity index (χ3n) is 3.89. The molecule has 2 heteroatoms.